The van der Waals surface area contributed by atoms with E-state index in [1.54, 1.807) is 0 Å². The molecule has 5 heterocycles. The van der Waals surface area contributed by atoms with E-state index in [4.69, 9.17) is 8.83 Å². The maximum absolute atomic E-state index is 7.19. The minimum Gasteiger partial charge on any atom is -0.454 e. The number of rotatable bonds is 4. The maximum Gasteiger partial charge on any atom is 0.252 e. The van der Waals surface area contributed by atoms with E-state index < -0.39 is 0 Å². The minimum absolute atomic E-state index is 0.0195. The smallest absolute Gasteiger partial charge is 0.252 e. The van der Waals surface area contributed by atoms with Gasteiger partial charge in [0.25, 0.3) is 6.71 Å². The zero-order valence-electron chi connectivity index (χ0n) is 44.7. The molecule has 0 N–H and O–H groups in total. The number of aryl methyl sites for hydroxylation is 1. The molecule has 0 saturated carbocycles. The number of aromatic nitrogens is 1. The largest absolute Gasteiger partial charge is 0.454 e. The number of benzene rings is 8. The van der Waals surface area contributed by atoms with E-state index in [9.17, 15) is 0 Å². The first-order chi connectivity index (χ1) is 34.6. The Bertz CT molecular complexity index is 4020. The van der Waals surface area contributed by atoms with Crippen LogP contribution in [-0.4, -0.2) is 11.3 Å². The normalized spacial score (nSPS) is 13.8. The highest BCUT2D eigenvalue weighted by Gasteiger charge is 2.44. The molecule has 0 fully saturated rings. The molecular formula is C67H64BN3O2. The van der Waals surface area contributed by atoms with Crippen molar-refractivity contribution in [2.24, 2.45) is 0 Å². The highest BCUT2D eigenvalue weighted by molar-refractivity contribution is 7.00. The first kappa shape index (κ1) is 45.4. The lowest BCUT2D eigenvalue weighted by molar-refractivity contribution is 0.587. The summed E-state index contributed by atoms with van der Waals surface area (Å²) in [6.07, 6.45) is 0. The molecule has 0 unspecified atom stereocenters. The molecule has 13 rings (SSSR count). The molecule has 0 radical (unpaired) electrons. The summed E-state index contributed by atoms with van der Waals surface area (Å²) in [7, 11) is 0. The quantitative estimate of drug-likeness (QED) is 0.165. The van der Waals surface area contributed by atoms with Crippen LogP contribution in [0.2, 0.25) is 0 Å². The van der Waals surface area contributed by atoms with Gasteiger partial charge in [-0.1, -0.05) is 156 Å². The average Bonchev–Trinajstić information content (AvgIpc) is 4.02. The Morgan fingerprint density at radius 1 is 0.397 bits per heavy atom. The molecule has 2 aliphatic rings. The fourth-order valence-electron chi connectivity index (χ4n) is 12.0. The van der Waals surface area contributed by atoms with Crippen molar-refractivity contribution in [2.75, 3.05) is 9.80 Å². The predicted molar refractivity (Wildman–Crippen MR) is 311 cm³/mol. The lowest BCUT2D eigenvalue weighted by Gasteiger charge is -2.41. The second kappa shape index (κ2) is 15.3. The van der Waals surface area contributed by atoms with Crippen molar-refractivity contribution < 1.29 is 8.83 Å². The van der Waals surface area contributed by atoms with Gasteiger partial charge in [-0.3, -0.25) is 0 Å². The van der Waals surface area contributed by atoms with Crippen LogP contribution >= 0.6 is 0 Å². The Labute approximate surface area is 430 Å². The Hall–Kier alpha value is -7.44. The summed E-state index contributed by atoms with van der Waals surface area (Å²) in [4.78, 5) is 4.97. The highest BCUT2D eigenvalue weighted by atomic mass is 16.3. The van der Waals surface area contributed by atoms with Crippen molar-refractivity contribution in [2.45, 2.75) is 112 Å². The first-order valence-corrected chi connectivity index (χ1v) is 26.2. The van der Waals surface area contributed by atoms with Gasteiger partial charge in [0.1, 0.15) is 16.7 Å². The number of hydrogen-bond acceptors (Lipinski definition) is 4. The zero-order valence-corrected chi connectivity index (χ0v) is 44.7. The fourth-order valence-corrected chi connectivity index (χ4v) is 12.0. The predicted octanol–water partition coefficient (Wildman–Crippen LogP) is 17.0. The van der Waals surface area contributed by atoms with E-state index >= 15 is 0 Å². The summed E-state index contributed by atoms with van der Waals surface area (Å²) < 4.78 is 16.7. The Balaban J connectivity index is 1.14. The summed E-state index contributed by atoms with van der Waals surface area (Å²) in [6.45, 7) is 29.7. The van der Waals surface area contributed by atoms with Gasteiger partial charge in [0, 0.05) is 55.7 Å². The SMILES string of the molecule is Cc1cc2c3c(c1)-n1c4c(cc(C(C)(C)C)cc4c4oc5ccccc5c41)B3c1ccc(N(c3ccc(C(C)(C)C)cc3)c3ccc(C(C)(C)C)cc3)cc1N2c1cccc2c1oc1cc(C(C)(C)C)ccc12. The molecular weight excluding hydrogens is 890 g/mol. The molecule has 73 heavy (non-hydrogen) atoms. The van der Waals surface area contributed by atoms with Gasteiger partial charge in [0.15, 0.2) is 11.2 Å². The van der Waals surface area contributed by atoms with Crippen LogP contribution in [0.5, 0.6) is 0 Å². The molecule has 0 amide bonds. The molecule has 0 bridgehead atoms. The second-order valence-electron chi connectivity index (χ2n) is 25.2. The number of fused-ring (bicyclic) bond motifs is 12. The van der Waals surface area contributed by atoms with E-state index in [0.717, 1.165) is 83.5 Å². The Morgan fingerprint density at radius 3 is 1.64 bits per heavy atom. The third-order valence-electron chi connectivity index (χ3n) is 16.0. The van der Waals surface area contributed by atoms with Crippen molar-refractivity contribution in [3.8, 4) is 5.69 Å². The lowest BCUT2D eigenvalue weighted by Crippen LogP contribution is -2.60. The van der Waals surface area contributed by atoms with Crippen molar-refractivity contribution in [3.05, 3.63) is 179 Å². The summed E-state index contributed by atoms with van der Waals surface area (Å²) in [6, 6.07) is 57.4. The van der Waals surface area contributed by atoms with Gasteiger partial charge in [0.05, 0.1) is 11.2 Å². The summed E-state index contributed by atoms with van der Waals surface area (Å²) in [5, 5.41) is 4.51. The van der Waals surface area contributed by atoms with Crippen LogP contribution in [0.25, 0.3) is 60.6 Å². The highest BCUT2D eigenvalue weighted by Crippen LogP contribution is 2.49. The third-order valence-corrected chi connectivity index (χ3v) is 16.0. The Morgan fingerprint density at radius 2 is 0.986 bits per heavy atom. The van der Waals surface area contributed by atoms with Gasteiger partial charge in [-0.15, -0.1) is 0 Å². The molecule has 0 saturated heterocycles. The van der Waals surface area contributed by atoms with Crippen molar-refractivity contribution in [1.29, 1.82) is 0 Å². The topological polar surface area (TPSA) is 37.7 Å². The molecule has 0 atom stereocenters. The van der Waals surface area contributed by atoms with E-state index in [1.807, 2.05) is 0 Å². The molecule has 2 aliphatic heterocycles. The van der Waals surface area contributed by atoms with Gasteiger partial charge in [0.2, 0.25) is 0 Å². The van der Waals surface area contributed by atoms with Crippen LogP contribution in [0.15, 0.2) is 160 Å². The molecule has 11 aromatic rings. The molecule has 0 spiro atoms. The standard InChI is InChI=1S/C67H64BN3O2/c1-39-33-55-59-56(34-39)71-60-50(63-61(71)49-17-14-15-20-57(49)72-63)35-43(67(11,12)13)36-52(60)68(59)51-32-30-46(69(44-26-21-40(22-27-44)64(2,3)4)45-28-23-41(24-29-45)65(5,6)7)38-54(51)70(55)53-19-16-18-48-47-31-25-42(66(8,9)10)37-58(47)73-62(48)53/h14-38H,1-13H3. The molecule has 5 nitrogen and oxygen atoms in total. The number of anilines is 6. The average molecular weight is 954 g/mol. The van der Waals surface area contributed by atoms with E-state index in [-0.39, 0.29) is 28.4 Å². The Kier molecular flexibility index (Phi) is 9.52. The fraction of sp³-hybridized carbons (Fsp3) is 0.254. The summed E-state index contributed by atoms with van der Waals surface area (Å²) in [5.41, 5.74) is 23.8. The number of para-hydroxylation sites is 2. The van der Waals surface area contributed by atoms with Crippen LogP contribution in [-0.2, 0) is 21.7 Å². The van der Waals surface area contributed by atoms with E-state index in [2.05, 4.69) is 256 Å². The van der Waals surface area contributed by atoms with Gasteiger partial charge in [-0.05, 0) is 152 Å². The first-order valence-electron chi connectivity index (χ1n) is 26.2. The van der Waals surface area contributed by atoms with Crippen LogP contribution in [0, 0.1) is 6.92 Å². The summed E-state index contributed by atoms with van der Waals surface area (Å²) in [5.74, 6) is 0. The number of hydrogen-bond donors (Lipinski definition) is 0. The maximum atomic E-state index is 7.19. The molecule has 6 heteroatoms. The van der Waals surface area contributed by atoms with Crippen LogP contribution < -0.4 is 26.2 Å². The van der Waals surface area contributed by atoms with Crippen molar-refractivity contribution >= 4 is 112 Å². The molecule has 8 aromatic carbocycles. The molecule has 3 aromatic heterocycles. The van der Waals surface area contributed by atoms with Gasteiger partial charge in [-0.2, -0.15) is 0 Å². The minimum atomic E-state index is -0.121. The van der Waals surface area contributed by atoms with Gasteiger partial charge in [-0.25, -0.2) is 0 Å². The monoisotopic (exact) mass is 954 g/mol. The van der Waals surface area contributed by atoms with Crippen molar-refractivity contribution in [1.82, 2.24) is 4.57 Å². The van der Waals surface area contributed by atoms with Crippen LogP contribution in [0.4, 0.5) is 34.1 Å². The van der Waals surface area contributed by atoms with Crippen LogP contribution in [0.1, 0.15) is 111 Å². The third kappa shape index (κ3) is 6.89. The second-order valence-corrected chi connectivity index (χ2v) is 25.2. The zero-order chi connectivity index (χ0) is 50.8. The van der Waals surface area contributed by atoms with E-state index in [1.165, 1.54) is 55.4 Å². The molecule has 362 valence electrons. The van der Waals surface area contributed by atoms with E-state index in [0.29, 0.717) is 0 Å². The van der Waals surface area contributed by atoms with Crippen LogP contribution in [0.3, 0.4) is 0 Å². The van der Waals surface area contributed by atoms with Gasteiger partial charge < -0.3 is 23.2 Å². The molecule has 0 aliphatic carbocycles. The number of nitrogens with zero attached hydrogens (tertiary/aromatic N) is 3. The summed E-state index contributed by atoms with van der Waals surface area (Å²) >= 11 is 0. The van der Waals surface area contributed by atoms with Crippen molar-refractivity contribution in [3.63, 3.8) is 0 Å². The van der Waals surface area contributed by atoms with Gasteiger partial charge >= 0.3 is 0 Å². The lowest BCUT2D eigenvalue weighted by atomic mass is 9.33. The number of furan rings is 2.